The van der Waals surface area contributed by atoms with Gasteiger partial charge < -0.3 is 9.15 Å². The van der Waals surface area contributed by atoms with Gasteiger partial charge in [-0.1, -0.05) is 18.2 Å². The third-order valence-corrected chi connectivity index (χ3v) is 5.30. The highest BCUT2D eigenvalue weighted by atomic mass is 32.2. The number of aromatic nitrogens is 1. The van der Waals surface area contributed by atoms with Gasteiger partial charge in [0.1, 0.15) is 16.7 Å². The first-order chi connectivity index (χ1) is 12.4. The van der Waals surface area contributed by atoms with Gasteiger partial charge in [-0.2, -0.15) is 5.26 Å². The van der Waals surface area contributed by atoms with E-state index in [0.29, 0.717) is 22.4 Å². The Bertz CT molecular complexity index is 1180. The molecule has 0 aliphatic heterocycles. The van der Waals surface area contributed by atoms with Crippen LogP contribution in [0, 0.1) is 11.3 Å². The van der Waals surface area contributed by atoms with Crippen molar-refractivity contribution in [1.82, 2.24) is 4.98 Å². The molecule has 0 amide bonds. The lowest BCUT2D eigenvalue weighted by molar-refractivity contribution is 0.414. The molecule has 8 heteroatoms. The molecular weight excluding hydrogens is 356 g/mol. The van der Waals surface area contributed by atoms with E-state index in [1.165, 1.54) is 19.3 Å². The molecule has 0 radical (unpaired) electrons. The van der Waals surface area contributed by atoms with Gasteiger partial charge in [0, 0.05) is 0 Å². The average molecular weight is 370 g/mol. The van der Waals surface area contributed by atoms with Crippen LogP contribution in [-0.4, -0.2) is 20.5 Å². The van der Waals surface area contributed by atoms with E-state index in [1.807, 2.05) is 0 Å². The van der Waals surface area contributed by atoms with Crippen molar-refractivity contribution >= 4 is 27.0 Å². The predicted molar refractivity (Wildman–Crippen MR) is 96.0 cm³/mol. The van der Waals surface area contributed by atoms with Crippen molar-refractivity contribution in [3.63, 3.8) is 0 Å². The Balaban J connectivity index is 1.92. The standard InChI is InChI=1S/C18H14N2O5S/c1-24-14-5-2-12(3-6-14)11-26(22,23)15(10-19)8-13-4-7-16-17(9-13)25-18(21)20-16/h2-9H,11H2,1H3,(H,20,21). The average Bonchev–Trinajstić information content (AvgIpc) is 2.99. The molecular formula is C18H14N2O5S. The topological polar surface area (TPSA) is 113 Å². The largest absolute Gasteiger partial charge is 0.497 e. The minimum absolute atomic E-state index is 0.286. The van der Waals surface area contributed by atoms with Crippen LogP contribution >= 0.6 is 0 Å². The molecule has 0 unspecified atom stereocenters. The monoisotopic (exact) mass is 370 g/mol. The Morgan fingerprint density at radius 2 is 2.00 bits per heavy atom. The summed E-state index contributed by atoms with van der Waals surface area (Å²) in [6.45, 7) is 0. The van der Waals surface area contributed by atoms with Crippen LogP contribution in [0.4, 0.5) is 0 Å². The predicted octanol–water partition coefficient (Wildman–Crippen LogP) is 2.61. The number of aromatic amines is 1. The van der Waals surface area contributed by atoms with E-state index in [9.17, 15) is 18.5 Å². The second kappa shape index (κ2) is 6.90. The number of rotatable bonds is 5. The zero-order valence-electron chi connectivity index (χ0n) is 13.7. The lowest BCUT2D eigenvalue weighted by atomic mass is 10.2. The lowest BCUT2D eigenvalue weighted by Gasteiger charge is -2.05. The summed E-state index contributed by atoms with van der Waals surface area (Å²) in [5.74, 6) is -0.296. The van der Waals surface area contributed by atoms with Crippen LogP contribution in [0.15, 0.2) is 56.6 Å². The maximum atomic E-state index is 12.6. The highest BCUT2D eigenvalue weighted by molar-refractivity contribution is 7.95. The van der Waals surface area contributed by atoms with E-state index in [-0.39, 0.29) is 16.2 Å². The third-order valence-electron chi connectivity index (χ3n) is 3.70. The number of nitrogens with zero attached hydrogens (tertiary/aromatic N) is 1. The number of nitrogens with one attached hydrogen (secondary N) is 1. The number of benzene rings is 2. The van der Waals surface area contributed by atoms with Gasteiger partial charge in [-0.3, -0.25) is 4.98 Å². The summed E-state index contributed by atoms with van der Waals surface area (Å²) in [7, 11) is -2.31. The van der Waals surface area contributed by atoms with Gasteiger partial charge >= 0.3 is 5.76 Å². The van der Waals surface area contributed by atoms with Crippen LogP contribution in [0.1, 0.15) is 11.1 Å². The van der Waals surface area contributed by atoms with E-state index in [0.717, 1.165) is 0 Å². The van der Waals surface area contributed by atoms with Gasteiger partial charge in [-0.15, -0.1) is 0 Å². The molecule has 1 heterocycles. The number of sulfone groups is 1. The minimum atomic E-state index is -3.83. The van der Waals surface area contributed by atoms with Crippen LogP contribution in [0.25, 0.3) is 17.2 Å². The molecule has 0 aliphatic carbocycles. The number of allylic oxidation sites excluding steroid dienone is 1. The first-order valence-corrected chi connectivity index (χ1v) is 9.17. The van der Waals surface area contributed by atoms with Crippen LogP contribution in [0.2, 0.25) is 0 Å². The molecule has 7 nitrogen and oxygen atoms in total. The first-order valence-electron chi connectivity index (χ1n) is 7.51. The van der Waals surface area contributed by atoms with Gasteiger partial charge in [0.25, 0.3) is 0 Å². The van der Waals surface area contributed by atoms with Crippen LogP contribution in [-0.2, 0) is 15.6 Å². The van der Waals surface area contributed by atoms with Gasteiger partial charge in [0.15, 0.2) is 15.4 Å². The minimum Gasteiger partial charge on any atom is -0.497 e. The van der Waals surface area contributed by atoms with Crippen molar-refractivity contribution in [2.24, 2.45) is 0 Å². The summed E-state index contributed by atoms with van der Waals surface area (Å²) in [6.07, 6.45) is 1.26. The molecule has 3 rings (SSSR count). The van der Waals surface area contributed by atoms with E-state index >= 15 is 0 Å². The maximum Gasteiger partial charge on any atom is 0.417 e. The Hall–Kier alpha value is -3.31. The number of hydrogen-bond donors (Lipinski definition) is 1. The fourth-order valence-electron chi connectivity index (χ4n) is 2.41. The molecule has 3 aromatic rings. The molecule has 0 saturated carbocycles. The second-order valence-corrected chi connectivity index (χ2v) is 7.46. The maximum absolute atomic E-state index is 12.6. The second-order valence-electron chi connectivity index (χ2n) is 5.50. The molecule has 1 N–H and O–H groups in total. The Morgan fingerprint density at radius 3 is 2.65 bits per heavy atom. The summed E-state index contributed by atoms with van der Waals surface area (Å²) in [4.78, 5) is 13.3. The summed E-state index contributed by atoms with van der Waals surface area (Å²) >= 11 is 0. The molecule has 0 atom stereocenters. The number of fused-ring (bicyclic) bond motifs is 1. The first kappa shape index (κ1) is 17.5. The summed E-state index contributed by atoms with van der Waals surface area (Å²) in [5.41, 5.74) is 1.76. The van der Waals surface area contributed by atoms with Crippen molar-refractivity contribution in [1.29, 1.82) is 5.26 Å². The van der Waals surface area contributed by atoms with E-state index < -0.39 is 15.6 Å². The zero-order valence-corrected chi connectivity index (χ0v) is 14.5. The molecule has 0 saturated heterocycles. The summed E-state index contributed by atoms with van der Waals surface area (Å²) in [5, 5.41) is 9.30. The van der Waals surface area contributed by atoms with Gasteiger partial charge in [0.05, 0.1) is 18.4 Å². The molecule has 0 aliphatic rings. The van der Waals surface area contributed by atoms with Crippen LogP contribution in [0.3, 0.4) is 0 Å². The Kier molecular flexibility index (Phi) is 4.65. The fourth-order valence-corrected chi connectivity index (χ4v) is 3.66. The third kappa shape index (κ3) is 3.68. The molecule has 1 aromatic heterocycles. The summed E-state index contributed by atoms with van der Waals surface area (Å²) in [6, 6.07) is 13.0. The molecule has 132 valence electrons. The van der Waals surface area contributed by atoms with Gasteiger partial charge in [-0.05, 0) is 41.5 Å². The van der Waals surface area contributed by atoms with Crippen molar-refractivity contribution in [3.8, 4) is 11.8 Å². The Labute approximate surface area is 149 Å². The quantitative estimate of drug-likeness (QED) is 0.691. The molecule has 0 bridgehead atoms. The number of nitriles is 1. The molecule has 0 spiro atoms. The van der Waals surface area contributed by atoms with Gasteiger partial charge in [-0.25, -0.2) is 13.2 Å². The van der Waals surface area contributed by atoms with Crippen molar-refractivity contribution in [2.75, 3.05) is 7.11 Å². The lowest BCUT2D eigenvalue weighted by Crippen LogP contribution is -2.06. The number of H-pyrrole nitrogens is 1. The van der Waals surface area contributed by atoms with Crippen LogP contribution < -0.4 is 10.5 Å². The van der Waals surface area contributed by atoms with Crippen LogP contribution in [0.5, 0.6) is 5.75 Å². The van der Waals surface area contributed by atoms with Crippen molar-refractivity contribution in [2.45, 2.75) is 5.75 Å². The number of oxazole rings is 1. The van der Waals surface area contributed by atoms with Crippen molar-refractivity contribution < 1.29 is 17.6 Å². The van der Waals surface area contributed by atoms with E-state index in [4.69, 9.17) is 9.15 Å². The SMILES string of the molecule is COc1ccc(CS(=O)(=O)C(C#N)=Cc2ccc3[nH]c(=O)oc3c2)cc1. The summed E-state index contributed by atoms with van der Waals surface area (Å²) < 4.78 is 35.1. The zero-order chi connectivity index (χ0) is 18.7. The molecule has 26 heavy (non-hydrogen) atoms. The number of ether oxygens (including phenoxy) is 1. The van der Waals surface area contributed by atoms with Gasteiger partial charge in [0.2, 0.25) is 0 Å². The fraction of sp³-hybridized carbons (Fsp3) is 0.111. The smallest absolute Gasteiger partial charge is 0.417 e. The van der Waals surface area contributed by atoms with Crippen molar-refractivity contribution in [3.05, 3.63) is 69.0 Å². The molecule has 0 fully saturated rings. The normalized spacial score (nSPS) is 12.1. The highest BCUT2D eigenvalue weighted by Gasteiger charge is 2.19. The highest BCUT2D eigenvalue weighted by Crippen LogP contribution is 2.21. The molecule has 2 aromatic carbocycles. The number of methoxy groups -OCH3 is 1. The number of hydrogen-bond acceptors (Lipinski definition) is 6. The van der Waals surface area contributed by atoms with E-state index in [2.05, 4.69) is 4.98 Å². The van der Waals surface area contributed by atoms with E-state index in [1.54, 1.807) is 42.5 Å². The Morgan fingerprint density at radius 1 is 1.27 bits per heavy atom.